The van der Waals surface area contributed by atoms with Gasteiger partial charge in [-0.1, -0.05) is 6.07 Å². The molecular weight excluding hydrogens is 324 g/mol. The molecule has 1 aromatic heterocycles. The highest BCUT2D eigenvalue weighted by Crippen LogP contribution is 2.27. The maximum absolute atomic E-state index is 12.1. The SMILES string of the molecule is CCN1C(=O)N/C(=C/c2ccc(-c3ccc(C(=O)O)cc3C)o2)C1=O. The van der Waals surface area contributed by atoms with Crippen molar-refractivity contribution in [3.8, 4) is 11.3 Å². The highest BCUT2D eigenvalue weighted by atomic mass is 16.4. The van der Waals surface area contributed by atoms with Gasteiger partial charge in [-0.25, -0.2) is 9.59 Å². The van der Waals surface area contributed by atoms with E-state index in [9.17, 15) is 14.4 Å². The van der Waals surface area contributed by atoms with Crippen LogP contribution in [-0.2, 0) is 4.79 Å². The zero-order valence-corrected chi connectivity index (χ0v) is 13.7. The number of benzene rings is 1. The standard InChI is InChI=1S/C18H16N2O5/c1-3-20-16(21)14(19-18(20)24)9-12-5-7-15(25-12)13-6-4-11(17(22)23)8-10(13)2/h4-9H,3H2,1-2H3,(H,19,24)(H,22,23)/b14-9+. The molecule has 0 saturated carbocycles. The Kier molecular flexibility index (Phi) is 4.14. The summed E-state index contributed by atoms with van der Waals surface area (Å²) in [6.45, 7) is 3.80. The minimum atomic E-state index is -0.990. The van der Waals surface area contributed by atoms with Gasteiger partial charge in [-0.3, -0.25) is 9.69 Å². The lowest BCUT2D eigenvalue weighted by Gasteiger charge is -2.05. The van der Waals surface area contributed by atoms with Crippen molar-refractivity contribution in [3.05, 3.63) is 52.9 Å². The number of hydrogen-bond donors (Lipinski definition) is 2. The topological polar surface area (TPSA) is 99.8 Å². The van der Waals surface area contributed by atoms with E-state index in [2.05, 4.69) is 5.32 Å². The number of rotatable bonds is 4. The van der Waals surface area contributed by atoms with Crippen LogP contribution in [0.1, 0.15) is 28.6 Å². The largest absolute Gasteiger partial charge is 0.478 e. The number of carbonyl (C=O) groups excluding carboxylic acids is 2. The van der Waals surface area contributed by atoms with Crippen LogP contribution in [0.3, 0.4) is 0 Å². The summed E-state index contributed by atoms with van der Waals surface area (Å²) in [4.78, 5) is 35.8. The van der Waals surface area contributed by atoms with E-state index in [1.54, 1.807) is 38.1 Å². The molecular formula is C18H16N2O5. The number of nitrogens with zero attached hydrogens (tertiary/aromatic N) is 1. The lowest BCUT2D eigenvalue weighted by molar-refractivity contribution is -0.122. The third-order valence-electron chi connectivity index (χ3n) is 3.93. The Labute approximate surface area is 143 Å². The van der Waals surface area contributed by atoms with Crippen LogP contribution in [-0.4, -0.2) is 34.5 Å². The Hall–Kier alpha value is -3.35. The van der Waals surface area contributed by atoms with Crippen molar-refractivity contribution >= 4 is 24.0 Å². The summed E-state index contributed by atoms with van der Waals surface area (Å²) in [5.41, 5.74) is 1.88. The summed E-state index contributed by atoms with van der Waals surface area (Å²) in [6, 6.07) is 7.71. The zero-order chi connectivity index (χ0) is 18.1. The molecule has 7 heteroatoms. The van der Waals surface area contributed by atoms with Gasteiger partial charge in [0.05, 0.1) is 5.56 Å². The first-order valence-corrected chi connectivity index (χ1v) is 7.69. The normalized spacial score (nSPS) is 15.8. The average molecular weight is 340 g/mol. The molecule has 7 nitrogen and oxygen atoms in total. The summed E-state index contributed by atoms with van der Waals surface area (Å²) >= 11 is 0. The van der Waals surface area contributed by atoms with Gasteiger partial charge in [-0.05, 0) is 43.7 Å². The van der Waals surface area contributed by atoms with Crippen LogP contribution in [0.5, 0.6) is 0 Å². The Morgan fingerprint density at radius 1 is 1.28 bits per heavy atom. The third-order valence-corrected chi connectivity index (χ3v) is 3.93. The van der Waals surface area contributed by atoms with Crippen LogP contribution in [0.2, 0.25) is 0 Å². The van der Waals surface area contributed by atoms with E-state index in [1.807, 2.05) is 0 Å². The van der Waals surface area contributed by atoms with E-state index in [4.69, 9.17) is 9.52 Å². The first-order chi connectivity index (χ1) is 11.9. The van der Waals surface area contributed by atoms with E-state index in [-0.39, 0.29) is 11.3 Å². The zero-order valence-electron chi connectivity index (χ0n) is 13.7. The van der Waals surface area contributed by atoms with Gasteiger partial charge in [0.2, 0.25) is 0 Å². The fourth-order valence-corrected chi connectivity index (χ4v) is 2.65. The Morgan fingerprint density at radius 3 is 2.64 bits per heavy atom. The number of likely N-dealkylation sites (N-methyl/N-ethyl adjacent to an activating group) is 1. The summed E-state index contributed by atoms with van der Waals surface area (Å²) in [7, 11) is 0. The Morgan fingerprint density at radius 2 is 2.04 bits per heavy atom. The molecule has 3 amide bonds. The molecule has 0 aliphatic carbocycles. The quantitative estimate of drug-likeness (QED) is 0.658. The molecule has 0 spiro atoms. The van der Waals surface area contributed by atoms with Crippen LogP contribution in [0, 0.1) is 6.92 Å². The van der Waals surface area contributed by atoms with Gasteiger partial charge >= 0.3 is 12.0 Å². The van der Waals surface area contributed by atoms with Crippen molar-refractivity contribution in [2.75, 3.05) is 6.54 Å². The van der Waals surface area contributed by atoms with Crippen molar-refractivity contribution in [1.82, 2.24) is 10.2 Å². The molecule has 128 valence electrons. The van der Waals surface area contributed by atoms with Crippen LogP contribution in [0.4, 0.5) is 4.79 Å². The van der Waals surface area contributed by atoms with Crippen LogP contribution in [0.15, 0.2) is 40.4 Å². The molecule has 25 heavy (non-hydrogen) atoms. The monoisotopic (exact) mass is 340 g/mol. The maximum Gasteiger partial charge on any atom is 0.335 e. The molecule has 1 aliphatic heterocycles. The Balaban J connectivity index is 1.89. The third kappa shape index (κ3) is 3.03. The van der Waals surface area contributed by atoms with E-state index >= 15 is 0 Å². The fraction of sp³-hybridized carbons (Fsp3) is 0.167. The van der Waals surface area contributed by atoms with Crippen LogP contribution < -0.4 is 5.32 Å². The van der Waals surface area contributed by atoms with Gasteiger partial charge in [-0.15, -0.1) is 0 Å². The number of carboxylic acid groups (broad SMARTS) is 1. The number of furan rings is 1. The smallest absolute Gasteiger partial charge is 0.335 e. The van der Waals surface area contributed by atoms with Gasteiger partial charge in [-0.2, -0.15) is 0 Å². The molecule has 3 rings (SSSR count). The van der Waals surface area contributed by atoms with E-state index < -0.39 is 17.9 Å². The number of carboxylic acids is 1. The highest BCUT2D eigenvalue weighted by Gasteiger charge is 2.32. The van der Waals surface area contributed by atoms with E-state index in [0.717, 1.165) is 16.0 Å². The summed E-state index contributed by atoms with van der Waals surface area (Å²) in [6.07, 6.45) is 1.47. The lowest BCUT2D eigenvalue weighted by atomic mass is 10.0. The van der Waals surface area contributed by atoms with Gasteiger partial charge in [0, 0.05) is 18.2 Å². The second kappa shape index (κ2) is 6.27. The molecule has 0 atom stereocenters. The second-order valence-electron chi connectivity index (χ2n) is 5.57. The van der Waals surface area contributed by atoms with Crippen molar-refractivity contribution in [2.24, 2.45) is 0 Å². The first kappa shape index (κ1) is 16.5. The van der Waals surface area contributed by atoms with Gasteiger partial charge in [0.1, 0.15) is 17.2 Å². The number of nitrogens with one attached hydrogen (secondary N) is 1. The Bertz CT molecular complexity index is 910. The number of carbonyl (C=O) groups is 3. The van der Waals surface area contributed by atoms with Gasteiger partial charge in [0.25, 0.3) is 5.91 Å². The second-order valence-corrected chi connectivity index (χ2v) is 5.57. The lowest BCUT2D eigenvalue weighted by Crippen LogP contribution is -2.30. The minimum Gasteiger partial charge on any atom is -0.478 e. The summed E-state index contributed by atoms with van der Waals surface area (Å²) < 4.78 is 5.72. The van der Waals surface area contributed by atoms with Crippen molar-refractivity contribution in [3.63, 3.8) is 0 Å². The first-order valence-electron chi connectivity index (χ1n) is 7.69. The van der Waals surface area contributed by atoms with Gasteiger partial charge < -0.3 is 14.8 Å². The molecule has 2 heterocycles. The van der Waals surface area contributed by atoms with Crippen molar-refractivity contribution in [2.45, 2.75) is 13.8 Å². The number of amides is 3. The molecule has 1 fully saturated rings. The molecule has 2 aromatic rings. The number of hydrogen-bond acceptors (Lipinski definition) is 4. The molecule has 0 radical (unpaired) electrons. The summed E-state index contributed by atoms with van der Waals surface area (Å²) in [5, 5.41) is 11.5. The number of imide groups is 1. The number of aryl methyl sites for hydroxylation is 1. The minimum absolute atomic E-state index is 0.158. The van der Waals surface area contributed by atoms with Crippen molar-refractivity contribution < 1.29 is 23.9 Å². The molecule has 1 saturated heterocycles. The molecule has 2 N–H and O–H groups in total. The maximum atomic E-state index is 12.1. The van der Waals surface area contributed by atoms with Crippen molar-refractivity contribution in [1.29, 1.82) is 0 Å². The van der Waals surface area contributed by atoms with Gasteiger partial charge in [0.15, 0.2) is 0 Å². The summed E-state index contributed by atoms with van der Waals surface area (Å²) in [5.74, 6) is -0.424. The van der Waals surface area contributed by atoms with Crippen LogP contribution in [0.25, 0.3) is 17.4 Å². The molecule has 1 aliphatic rings. The molecule has 0 unspecified atom stereocenters. The average Bonchev–Trinajstić information content (AvgIpc) is 3.12. The predicted octanol–water partition coefficient (Wildman–Crippen LogP) is 2.87. The van der Waals surface area contributed by atoms with Crippen LogP contribution >= 0.6 is 0 Å². The molecule has 0 bridgehead atoms. The number of aromatic carboxylic acids is 1. The predicted molar refractivity (Wildman–Crippen MR) is 89.7 cm³/mol. The van der Waals surface area contributed by atoms with E-state index in [0.29, 0.717) is 18.1 Å². The fourth-order valence-electron chi connectivity index (χ4n) is 2.65. The number of urea groups is 1. The highest BCUT2D eigenvalue weighted by molar-refractivity contribution is 6.13. The van der Waals surface area contributed by atoms with E-state index in [1.165, 1.54) is 12.1 Å². The molecule has 1 aromatic carbocycles.